The number of pyridine rings is 1. The highest BCUT2D eigenvalue weighted by atomic mass is 32.2. The quantitative estimate of drug-likeness (QED) is 0.652. The monoisotopic (exact) mass is 434 g/mol. The Morgan fingerprint density at radius 1 is 1.17 bits per heavy atom. The molecule has 1 aliphatic heterocycles. The molecule has 0 aromatic carbocycles. The molecular formula is C20H30N6O3S. The molecule has 2 fully saturated rings. The van der Waals surface area contributed by atoms with Crippen molar-refractivity contribution in [1.82, 2.24) is 19.3 Å². The predicted octanol–water partition coefficient (Wildman–Crippen LogP) is 1.88. The highest BCUT2D eigenvalue weighted by molar-refractivity contribution is 7.88. The summed E-state index contributed by atoms with van der Waals surface area (Å²) in [5.41, 5.74) is 0.950. The molecule has 0 unspecified atom stereocenters. The number of aromatic nitrogens is 3. The number of piperidine rings is 1. The highest BCUT2D eigenvalue weighted by Crippen LogP contribution is 2.33. The van der Waals surface area contributed by atoms with Crippen molar-refractivity contribution in [3.05, 3.63) is 18.0 Å². The van der Waals surface area contributed by atoms with E-state index in [0.29, 0.717) is 37.7 Å². The van der Waals surface area contributed by atoms with Crippen LogP contribution >= 0.6 is 0 Å². The van der Waals surface area contributed by atoms with E-state index >= 15 is 0 Å². The summed E-state index contributed by atoms with van der Waals surface area (Å²) in [6.45, 7) is 4.82. The van der Waals surface area contributed by atoms with Crippen LogP contribution in [0.4, 0.5) is 11.8 Å². The summed E-state index contributed by atoms with van der Waals surface area (Å²) in [5.74, 6) is 1.16. The first-order chi connectivity index (χ1) is 14.1. The van der Waals surface area contributed by atoms with Crippen LogP contribution in [-0.2, 0) is 10.0 Å². The highest BCUT2D eigenvalue weighted by Gasteiger charge is 2.37. The number of nitrogens with one attached hydrogen (secondary N) is 2. The van der Waals surface area contributed by atoms with Crippen LogP contribution in [0.5, 0.6) is 0 Å². The Labute approximate surface area is 177 Å². The number of sulfonamides is 1. The molecule has 2 aliphatic rings. The summed E-state index contributed by atoms with van der Waals surface area (Å²) in [6, 6.07) is 0.0489. The Bertz CT molecular complexity index is 1030. The first-order valence-electron chi connectivity index (χ1n) is 10.5. The van der Waals surface area contributed by atoms with E-state index in [-0.39, 0.29) is 12.1 Å². The Morgan fingerprint density at radius 2 is 1.90 bits per heavy atom. The number of rotatable bonds is 5. The molecule has 30 heavy (non-hydrogen) atoms. The minimum absolute atomic E-state index is 0.0670. The van der Waals surface area contributed by atoms with E-state index in [1.54, 1.807) is 12.4 Å². The fraction of sp³-hybridized carbons (Fsp3) is 0.650. The summed E-state index contributed by atoms with van der Waals surface area (Å²) in [6.07, 6.45) is 8.88. The maximum atomic E-state index is 11.7. The molecule has 1 saturated heterocycles. The van der Waals surface area contributed by atoms with Gasteiger partial charge < -0.3 is 15.7 Å². The van der Waals surface area contributed by atoms with Gasteiger partial charge in [-0.1, -0.05) is 0 Å². The van der Waals surface area contributed by atoms with Gasteiger partial charge in [0.05, 0.1) is 17.9 Å². The van der Waals surface area contributed by atoms with E-state index in [1.165, 1.54) is 10.6 Å². The molecule has 2 atom stereocenters. The zero-order chi connectivity index (χ0) is 21.5. The number of aliphatic hydroxyl groups is 1. The van der Waals surface area contributed by atoms with Gasteiger partial charge in [0.1, 0.15) is 5.52 Å². The molecule has 3 heterocycles. The lowest BCUT2D eigenvalue weighted by molar-refractivity contribution is 0.0578. The van der Waals surface area contributed by atoms with Crippen LogP contribution in [0, 0.1) is 6.92 Å². The van der Waals surface area contributed by atoms with Crippen molar-refractivity contribution >= 4 is 32.7 Å². The fourth-order valence-corrected chi connectivity index (χ4v) is 5.25. The van der Waals surface area contributed by atoms with E-state index in [2.05, 4.69) is 20.6 Å². The molecule has 2 aromatic rings. The molecule has 1 saturated carbocycles. The molecule has 2 aromatic heterocycles. The van der Waals surface area contributed by atoms with Crippen LogP contribution in [0.25, 0.3) is 10.9 Å². The summed E-state index contributed by atoms with van der Waals surface area (Å²) < 4.78 is 24.9. The normalized spacial score (nSPS) is 26.2. The van der Waals surface area contributed by atoms with Crippen molar-refractivity contribution in [3.63, 3.8) is 0 Å². The van der Waals surface area contributed by atoms with Crippen LogP contribution in [0.3, 0.4) is 0 Å². The van der Waals surface area contributed by atoms with Gasteiger partial charge in [-0.05, 0) is 51.5 Å². The summed E-state index contributed by atoms with van der Waals surface area (Å²) in [7, 11) is -3.15. The molecule has 4 rings (SSSR count). The summed E-state index contributed by atoms with van der Waals surface area (Å²) >= 11 is 0. The first kappa shape index (κ1) is 21.2. The van der Waals surface area contributed by atoms with Gasteiger partial charge >= 0.3 is 0 Å². The number of nitrogens with zero attached hydrogens (tertiary/aromatic N) is 4. The van der Waals surface area contributed by atoms with Gasteiger partial charge in [-0.3, -0.25) is 0 Å². The van der Waals surface area contributed by atoms with E-state index in [1.807, 2.05) is 13.8 Å². The Morgan fingerprint density at radius 3 is 2.53 bits per heavy atom. The van der Waals surface area contributed by atoms with E-state index in [9.17, 15) is 13.5 Å². The van der Waals surface area contributed by atoms with Crippen LogP contribution < -0.4 is 10.6 Å². The Kier molecular flexibility index (Phi) is 5.58. The summed E-state index contributed by atoms with van der Waals surface area (Å²) in [5, 5.41) is 18.3. The third-order valence-electron chi connectivity index (χ3n) is 6.32. The maximum absolute atomic E-state index is 11.7. The molecule has 164 valence electrons. The molecule has 9 nitrogen and oxygen atoms in total. The van der Waals surface area contributed by atoms with Crippen molar-refractivity contribution in [2.75, 3.05) is 30.0 Å². The van der Waals surface area contributed by atoms with E-state index in [4.69, 9.17) is 4.98 Å². The molecule has 0 radical (unpaired) electrons. The number of hydrogen-bond acceptors (Lipinski definition) is 8. The van der Waals surface area contributed by atoms with Crippen LogP contribution in [0.15, 0.2) is 12.4 Å². The number of hydrogen-bond donors (Lipinski definition) is 3. The third kappa shape index (κ3) is 4.35. The number of fused-ring (bicyclic) bond motifs is 1. The van der Waals surface area contributed by atoms with Crippen LogP contribution in [0.1, 0.15) is 44.6 Å². The van der Waals surface area contributed by atoms with Crippen LogP contribution in [-0.4, -0.2) is 69.8 Å². The molecular weight excluding hydrogens is 404 g/mol. The Hall–Kier alpha value is -2.04. The maximum Gasteiger partial charge on any atom is 0.223 e. The molecule has 3 N–H and O–H groups in total. The average molecular weight is 435 g/mol. The van der Waals surface area contributed by atoms with Crippen molar-refractivity contribution < 1.29 is 13.5 Å². The number of aryl methyl sites for hydroxylation is 1. The molecule has 0 spiro atoms. The second kappa shape index (κ2) is 7.90. The van der Waals surface area contributed by atoms with Crippen molar-refractivity contribution in [2.45, 2.75) is 63.6 Å². The van der Waals surface area contributed by atoms with Gasteiger partial charge in [-0.2, -0.15) is 0 Å². The molecule has 1 aliphatic carbocycles. The van der Waals surface area contributed by atoms with Gasteiger partial charge in [0.25, 0.3) is 0 Å². The SMILES string of the molecule is Cc1cnc(N[C@@H]2CCC[C@@]2(C)O)c2nc(NC3CCN(S(C)(=O)=O)CC3)ncc12. The zero-order valence-electron chi connectivity index (χ0n) is 17.7. The van der Waals surface area contributed by atoms with Crippen molar-refractivity contribution in [2.24, 2.45) is 0 Å². The molecule has 0 amide bonds. The molecule has 10 heteroatoms. The molecule has 0 bridgehead atoms. The lowest BCUT2D eigenvalue weighted by atomic mass is 10.0. The topological polar surface area (TPSA) is 120 Å². The van der Waals surface area contributed by atoms with Gasteiger partial charge in [-0.15, -0.1) is 0 Å². The minimum Gasteiger partial charge on any atom is -0.388 e. The first-order valence-corrected chi connectivity index (χ1v) is 12.3. The lowest BCUT2D eigenvalue weighted by Crippen LogP contribution is -2.42. The number of anilines is 2. The standard InChI is InChI=1S/C20H30N6O3S/c1-13-11-21-18(24-16-5-4-8-20(16,2)27)17-15(13)12-22-19(25-17)23-14-6-9-26(10-7-14)30(3,28)29/h11-12,14,16,27H,4-10H2,1-3H3,(H,21,24)(H,22,23,25)/t16-,20-/m1/s1. The lowest BCUT2D eigenvalue weighted by Gasteiger charge is -2.30. The van der Waals surface area contributed by atoms with E-state index < -0.39 is 15.6 Å². The summed E-state index contributed by atoms with van der Waals surface area (Å²) in [4.78, 5) is 13.7. The van der Waals surface area contributed by atoms with Gasteiger partial charge in [-0.25, -0.2) is 27.7 Å². The minimum atomic E-state index is -3.15. The Balaban J connectivity index is 1.54. The third-order valence-corrected chi connectivity index (χ3v) is 7.62. The van der Waals surface area contributed by atoms with Crippen molar-refractivity contribution in [1.29, 1.82) is 0 Å². The van der Waals surface area contributed by atoms with Crippen LogP contribution in [0.2, 0.25) is 0 Å². The average Bonchev–Trinajstić information content (AvgIpc) is 3.02. The van der Waals surface area contributed by atoms with Crippen molar-refractivity contribution in [3.8, 4) is 0 Å². The van der Waals surface area contributed by atoms with Gasteiger partial charge in [0.2, 0.25) is 16.0 Å². The van der Waals surface area contributed by atoms with Gasteiger partial charge in [0, 0.05) is 36.9 Å². The smallest absolute Gasteiger partial charge is 0.223 e. The largest absolute Gasteiger partial charge is 0.388 e. The predicted molar refractivity (Wildman–Crippen MR) is 117 cm³/mol. The van der Waals surface area contributed by atoms with E-state index in [0.717, 1.165) is 35.7 Å². The van der Waals surface area contributed by atoms with Gasteiger partial charge in [0.15, 0.2) is 5.82 Å². The zero-order valence-corrected chi connectivity index (χ0v) is 18.5. The second-order valence-corrected chi connectivity index (χ2v) is 10.8. The fourth-order valence-electron chi connectivity index (χ4n) is 4.37. The second-order valence-electron chi connectivity index (χ2n) is 8.77.